The number of benzene rings is 1. The molecule has 1 aromatic carbocycles. The Hall–Kier alpha value is -0.940. The van der Waals surface area contributed by atoms with Crippen molar-refractivity contribution in [1.82, 2.24) is 4.90 Å². The molecule has 0 saturated heterocycles. The van der Waals surface area contributed by atoms with Crippen LogP contribution in [0.3, 0.4) is 0 Å². The normalized spacial score (nSPS) is 14.8. The van der Waals surface area contributed by atoms with Gasteiger partial charge in [0.15, 0.2) is 6.29 Å². The number of hydrogen-bond donors (Lipinski definition) is 1. The summed E-state index contributed by atoms with van der Waals surface area (Å²) in [7, 11) is 5.41. The summed E-state index contributed by atoms with van der Waals surface area (Å²) in [5.41, 5.74) is 8.38. The fourth-order valence-corrected chi connectivity index (χ4v) is 2.18. The van der Waals surface area contributed by atoms with Crippen LogP contribution >= 0.6 is 0 Å². The van der Waals surface area contributed by atoms with Gasteiger partial charge in [-0.2, -0.15) is 0 Å². The highest BCUT2D eigenvalue weighted by Gasteiger charge is 2.31. The van der Waals surface area contributed by atoms with Gasteiger partial charge in [0.1, 0.15) is 0 Å². The fourth-order valence-electron chi connectivity index (χ4n) is 2.18. The lowest BCUT2D eigenvalue weighted by Crippen LogP contribution is -2.51. The van der Waals surface area contributed by atoms with Gasteiger partial charge < -0.3 is 15.2 Å². The van der Waals surface area contributed by atoms with E-state index in [0.717, 1.165) is 13.0 Å². The van der Waals surface area contributed by atoms with E-state index in [4.69, 9.17) is 15.2 Å². The van der Waals surface area contributed by atoms with Gasteiger partial charge in [0.2, 0.25) is 0 Å². The molecule has 0 bridgehead atoms. The predicted octanol–water partition coefficient (Wildman–Crippen LogP) is 2.15. The van der Waals surface area contributed by atoms with Crippen LogP contribution in [0.5, 0.6) is 0 Å². The van der Waals surface area contributed by atoms with Gasteiger partial charge in [-0.3, -0.25) is 4.90 Å². The zero-order valence-corrected chi connectivity index (χ0v) is 13.3. The number of nitrogens with two attached hydrogens (primary N) is 1. The molecule has 4 nitrogen and oxygen atoms in total. The summed E-state index contributed by atoms with van der Waals surface area (Å²) < 4.78 is 10.6. The first-order valence-corrected chi connectivity index (χ1v) is 6.97. The second-order valence-electron chi connectivity index (χ2n) is 5.65. The highest BCUT2D eigenvalue weighted by molar-refractivity contribution is 5.21. The summed E-state index contributed by atoms with van der Waals surface area (Å²) in [5, 5.41) is 0. The van der Waals surface area contributed by atoms with Crippen LogP contribution in [0.15, 0.2) is 24.3 Å². The predicted molar refractivity (Wildman–Crippen MR) is 82.5 cm³/mol. The van der Waals surface area contributed by atoms with Crippen molar-refractivity contribution in [3.05, 3.63) is 35.4 Å². The van der Waals surface area contributed by atoms with E-state index in [1.165, 1.54) is 11.1 Å². The third kappa shape index (κ3) is 4.56. The zero-order chi connectivity index (χ0) is 15.2. The van der Waals surface area contributed by atoms with E-state index < -0.39 is 0 Å². The van der Waals surface area contributed by atoms with Crippen molar-refractivity contribution in [3.8, 4) is 0 Å². The summed E-state index contributed by atoms with van der Waals surface area (Å²) in [6.07, 6.45) is 0.503. The third-order valence-corrected chi connectivity index (χ3v) is 4.03. The molecule has 0 aliphatic heterocycles. The van der Waals surface area contributed by atoms with E-state index in [9.17, 15) is 0 Å². The second-order valence-corrected chi connectivity index (χ2v) is 5.65. The first-order chi connectivity index (χ1) is 9.45. The van der Waals surface area contributed by atoms with E-state index in [1.807, 2.05) is 0 Å². The average molecular weight is 280 g/mol. The molecular weight excluding hydrogens is 252 g/mol. The minimum atomic E-state index is -0.232. The summed E-state index contributed by atoms with van der Waals surface area (Å²) in [6, 6.07) is 8.59. The van der Waals surface area contributed by atoms with Gasteiger partial charge in [0, 0.05) is 39.3 Å². The molecule has 1 aromatic rings. The quantitative estimate of drug-likeness (QED) is 0.741. The standard InChI is InChI=1S/C16H28N2O2/c1-13-6-8-14(9-7-13)11-18(3)16(2,12-17)10-15(19-4)20-5/h6-9,15H,10-12,17H2,1-5H3. The van der Waals surface area contributed by atoms with Crippen molar-refractivity contribution in [2.45, 2.75) is 38.6 Å². The van der Waals surface area contributed by atoms with Crippen LogP contribution in [-0.2, 0) is 16.0 Å². The van der Waals surface area contributed by atoms with E-state index >= 15 is 0 Å². The number of nitrogens with zero attached hydrogens (tertiary/aromatic N) is 1. The van der Waals surface area contributed by atoms with Gasteiger partial charge in [0.05, 0.1) is 0 Å². The Morgan fingerprint density at radius 2 is 1.75 bits per heavy atom. The molecule has 0 aliphatic carbocycles. The van der Waals surface area contributed by atoms with Crippen LogP contribution in [0.25, 0.3) is 0 Å². The zero-order valence-electron chi connectivity index (χ0n) is 13.3. The highest BCUT2D eigenvalue weighted by atomic mass is 16.7. The van der Waals surface area contributed by atoms with Crippen molar-refractivity contribution in [2.75, 3.05) is 27.8 Å². The molecular formula is C16H28N2O2. The molecule has 2 N–H and O–H groups in total. The molecule has 0 aromatic heterocycles. The molecule has 0 saturated carbocycles. The number of aryl methyl sites for hydroxylation is 1. The first-order valence-electron chi connectivity index (χ1n) is 6.97. The highest BCUT2D eigenvalue weighted by Crippen LogP contribution is 2.22. The van der Waals surface area contributed by atoms with Crippen LogP contribution in [0.1, 0.15) is 24.5 Å². The summed E-state index contributed by atoms with van der Waals surface area (Å²) >= 11 is 0. The Morgan fingerprint density at radius 1 is 1.20 bits per heavy atom. The Kier molecular flexibility index (Phi) is 6.62. The molecule has 1 unspecified atom stereocenters. The largest absolute Gasteiger partial charge is 0.356 e. The van der Waals surface area contributed by atoms with Gasteiger partial charge >= 0.3 is 0 Å². The van der Waals surface area contributed by atoms with Gasteiger partial charge in [-0.05, 0) is 26.5 Å². The first kappa shape index (κ1) is 17.1. The number of likely N-dealkylation sites (N-methyl/N-ethyl adjacent to an activating group) is 1. The van der Waals surface area contributed by atoms with Crippen LogP contribution in [0, 0.1) is 6.92 Å². The molecule has 0 aliphatic rings. The minimum absolute atomic E-state index is 0.165. The van der Waals surface area contributed by atoms with Crippen molar-refractivity contribution in [2.24, 2.45) is 5.73 Å². The maximum Gasteiger partial charge on any atom is 0.158 e. The Balaban J connectivity index is 2.74. The Morgan fingerprint density at radius 3 is 2.20 bits per heavy atom. The maximum absolute atomic E-state index is 5.99. The fraction of sp³-hybridized carbons (Fsp3) is 0.625. The lowest BCUT2D eigenvalue weighted by atomic mass is 9.94. The molecule has 0 heterocycles. The van der Waals surface area contributed by atoms with E-state index in [1.54, 1.807) is 14.2 Å². The minimum Gasteiger partial charge on any atom is -0.356 e. The molecule has 0 radical (unpaired) electrons. The van der Waals surface area contributed by atoms with Gasteiger partial charge in [0.25, 0.3) is 0 Å². The van der Waals surface area contributed by atoms with E-state index in [0.29, 0.717) is 6.54 Å². The smallest absolute Gasteiger partial charge is 0.158 e. The van der Waals surface area contributed by atoms with Crippen LogP contribution in [0.4, 0.5) is 0 Å². The molecule has 0 spiro atoms. The molecule has 1 atom stereocenters. The SMILES string of the molecule is COC(CC(C)(CN)N(C)Cc1ccc(C)cc1)OC. The lowest BCUT2D eigenvalue weighted by molar-refractivity contribution is -0.127. The van der Waals surface area contributed by atoms with Crippen molar-refractivity contribution < 1.29 is 9.47 Å². The average Bonchev–Trinajstić information content (AvgIpc) is 2.46. The lowest BCUT2D eigenvalue weighted by Gasteiger charge is -2.39. The van der Waals surface area contributed by atoms with Gasteiger partial charge in [-0.15, -0.1) is 0 Å². The number of hydrogen-bond acceptors (Lipinski definition) is 4. The van der Waals surface area contributed by atoms with Gasteiger partial charge in [-0.1, -0.05) is 29.8 Å². The molecule has 4 heteroatoms. The maximum atomic E-state index is 5.99. The summed E-state index contributed by atoms with van der Waals surface area (Å²) in [4.78, 5) is 2.27. The third-order valence-electron chi connectivity index (χ3n) is 4.03. The van der Waals surface area contributed by atoms with Gasteiger partial charge in [-0.25, -0.2) is 0 Å². The van der Waals surface area contributed by atoms with E-state index in [-0.39, 0.29) is 11.8 Å². The van der Waals surface area contributed by atoms with E-state index in [2.05, 4.69) is 50.1 Å². The number of ether oxygens (including phenoxy) is 2. The van der Waals surface area contributed by atoms with Crippen LogP contribution in [-0.4, -0.2) is 44.5 Å². The Labute approximate surface area is 122 Å². The summed E-state index contributed by atoms with van der Waals surface area (Å²) in [5.74, 6) is 0. The molecule has 114 valence electrons. The van der Waals surface area contributed by atoms with Crippen LogP contribution in [0.2, 0.25) is 0 Å². The Bertz CT molecular complexity index is 390. The monoisotopic (exact) mass is 280 g/mol. The molecule has 0 amide bonds. The van der Waals surface area contributed by atoms with Crippen molar-refractivity contribution in [1.29, 1.82) is 0 Å². The van der Waals surface area contributed by atoms with Crippen molar-refractivity contribution >= 4 is 0 Å². The summed E-state index contributed by atoms with van der Waals surface area (Å²) in [6.45, 7) is 5.65. The number of methoxy groups -OCH3 is 2. The number of rotatable bonds is 8. The molecule has 20 heavy (non-hydrogen) atoms. The van der Waals surface area contributed by atoms with Crippen LogP contribution < -0.4 is 5.73 Å². The molecule has 0 fully saturated rings. The second kappa shape index (κ2) is 7.74. The topological polar surface area (TPSA) is 47.7 Å². The molecule has 1 rings (SSSR count). The van der Waals surface area contributed by atoms with Crippen molar-refractivity contribution in [3.63, 3.8) is 0 Å².